The Hall–Kier alpha value is -0.820. The van der Waals surface area contributed by atoms with E-state index in [0.29, 0.717) is 5.41 Å². The summed E-state index contributed by atoms with van der Waals surface area (Å²) in [6, 6.07) is 8.68. The molecule has 0 heterocycles. The molecule has 1 aromatic carbocycles. The molecule has 70 valence electrons. The van der Waals surface area contributed by atoms with Crippen molar-refractivity contribution in [3.63, 3.8) is 0 Å². The Balaban J connectivity index is 2.14. The fourth-order valence-electron chi connectivity index (χ4n) is 1.68. The van der Waals surface area contributed by atoms with Crippen molar-refractivity contribution >= 4 is 0 Å². The molecule has 13 heavy (non-hydrogen) atoms. The summed E-state index contributed by atoms with van der Waals surface area (Å²) in [6.07, 6.45) is 3.43. The summed E-state index contributed by atoms with van der Waals surface area (Å²) in [6.45, 7) is 2.56. The van der Waals surface area contributed by atoms with Gasteiger partial charge >= 0.3 is 0 Å². The third-order valence-corrected chi connectivity index (χ3v) is 3.05. The van der Waals surface area contributed by atoms with Crippen LogP contribution in [-0.4, -0.2) is 11.7 Å². The van der Waals surface area contributed by atoms with Gasteiger partial charge in [0.05, 0.1) is 0 Å². The molecule has 1 aromatic rings. The lowest BCUT2D eigenvalue weighted by Gasteiger charge is -2.08. The summed E-state index contributed by atoms with van der Waals surface area (Å²) in [5.41, 5.74) is 3.15. The molecule has 0 aromatic heterocycles. The monoisotopic (exact) mass is 176 g/mol. The van der Waals surface area contributed by atoms with Crippen LogP contribution in [0.25, 0.3) is 0 Å². The van der Waals surface area contributed by atoms with E-state index in [2.05, 4.69) is 31.2 Å². The zero-order valence-corrected chi connectivity index (χ0v) is 8.09. The molecule has 1 nitrogen and oxygen atoms in total. The second-order valence-corrected chi connectivity index (χ2v) is 4.23. The summed E-state index contributed by atoms with van der Waals surface area (Å²) >= 11 is 0. The third kappa shape index (κ3) is 1.75. The van der Waals surface area contributed by atoms with Crippen LogP contribution in [0, 0.1) is 0 Å². The first-order valence-corrected chi connectivity index (χ1v) is 4.95. The standard InChI is InChI=1S/C12H16O/c1-12(7-8-12)11-4-2-10(3-5-11)6-9-13/h2-5,13H,6-9H2,1H3. The maximum Gasteiger partial charge on any atom is 0.0471 e. The lowest BCUT2D eigenvalue weighted by molar-refractivity contribution is 0.299. The van der Waals surface area contributed by atoms with Gasteiger partial charge in [0.2, 0.25) is 0 Å². The van der Waals surface area contributed by atoms with Crippen LogP contribution in [0.3, 0.4) is 0 Å². The Morgan fingerprint density at radius 2 is 1.85 bits per heavy atom. The average molecular weight is 176 g/mol. The summed E-state index contributed by atoms with van der Waals surface area (Å²) < 4.78 is 0. The van der Waals surface area contributed by atoms with Gasteiger partial charge in [-0.2, -0.15) is 0 Å². The highest BCUT2D eigenvalue weighted by atomic mass is 16.2. The van der Waals surface area contributed by atoms with Gasteiger partial charge in [0, 0.05) is 6.61 Å². The van der Waals surface area contributed by atoms with Gasteiger partial charge in [-0.1, -0.05) is 31.2 Å². The Morgan fingerprint density at radius 1 is 1.23 bits per heavy atom. The van der Waals surface area contributed by atoms with Crippen molar-refractivity contribution in [3.05, 3.63) is 35.4 Å². The summed E-state index contributed by atoms with van der Waals surface area (Å²) in [7, 11) is 0. The summed E-state index contributed by atoms with van der Waals surface area (Å²) in [5.74, 6) is 0. The first kappa shape index (κ1) is 8.76. The first-order chi connectivity index (χ1) is 6.24. The third-order valence-electron chi connectivity index (χ3n) is 3.05. The van der Waals surface area contributed by atoms with E-state index < -0.39 is 0 Å². The van der Waals surface area contributed by atoms with Crippen molar-refractivity contribution < 1.29 is 5.11 Å². The molecule has 0 aliphatic heterocycles. The Bertz CT molecular complexity index is 282. The molecule has 0 unspecified atom stereocenters. The van der Waals surface area contributed by atoms with Crippen molar-refractivity contribution in [2.75, 3.05) is 6.61 Å². The van der Waals surface area contributed by atoms with Crippen molar-refractivity contribution in [3.8, 4) is 0 Å². The minimum atomic E-state index is 0.247. The van der Waals surface area contributed by atoms with E-state index in [4.69, 9.17) is 5.11 Å². The topological polar surface area (TPSA) is 20.2 Å². The smallest absolute Gasteiger partial charge is 0.0471 e. The van der Waals surface area contributed by atoms with Crippen molar-refractivity contribution in [2.45, 2.75) is 31.6 Å². The zero-order valence-electron chi connectivity index (χ0n) is 8.09. The van der Waals surface area contributed by atoms with E-state index in [1.54, 1.807) is 0 Å². The quantitative estimate of drug-likeness (QED) is 0.749. The molecule has 0 spiro atoms. The van der Waals surface area contributed by atoms with Crippen LogP contribution in [0.2, 0.25) is 0 Å². The largest absolute Gasteiger partial charge is 0.396 e. The minimum absolute atomic E-state index is 0.247. The van der Waals surface area contributed by atoms with Crippen LogP contribution >= 0.6 is 0 Å². The van der Waals surface area contributed by atoms with E-state index in [0.717, 1.165) is 6.42 Å². The highest BCUT2D eigenvalue weighted by molar-refractivity contribution is 5.32. The van der Waals surface area contributed by atoms with Crippen molar-refractivity contribution in [2.24, 2.45) is 0 Å². The van der Waals surface area contributed by atoms with Gasteiger partial charge in [0.1, 0.15) is 0 Å². The number of aliphatic hydroxyl groups is 1. The van der Waals surface area contributed by atoms with Gasteiger partial charge in [-0.3, -0.25) is 0 Å². The molecule has 1 fully saturated rings. The van der Waals surface area contributed by atoms with E-state index in [1.807, 2.05) is 0 Å². The van der Waals surface area contributed by atoms with Gasteiger partial charge in [0.15, 0.2) is 0 Å². The van der Waals surface area contributed by atoms with Crippen LogP contribution in [0.5, 0.6) is 0 Å². The van der Waals surface area contributed by atoms with Gasteiger partial charge < -0.3 is 5.11 Å². The lowest BCUT2D eigenvalue weighted by atomic mass is 9.97. The number of benzene rings is 1. The average Bonchev–Trinajstić information content (AvgIpc) is 2.87. The van der Waals surface area contributed by atoms with Crippen LogP contribution in [0.15, 0.2) is 24.3 Å². The molecule has 0 radical (unpaired) electrons. The van der Waals surface area contributed by atoms with Gasteiger partial charge in [0.25, 0.3) is 0 Å². The highest BCUT2D eigenvalue weighted by Gasteiger charge is 2.38. The molecule has 0 bridgehead atoms. The van der Waals surface area contributed by atoms with Crippen LogP contribution in [0.1, 0.15) is 30.9 Å². The molecule has 1 aliphatic carbocycles. The molecule has 0 atom stereocenters. The molecule has 0 saturated heterocycles. The van der Waals surface area contributed by atoms with E-state index in [-0.39, 0.29) is 6.61 Å². The van der Waals surface area contributed by atoms with E-state index in [9.17, 15) is 0 Å². The molecule has 1 heteroatoms. The number of hydrogen-bond acceptors (Lipinski definition) is 1. The van der Waals surface area contributed by atoms with Crippen LogP contribution in [0.4, 0.5) is 0 Å². The Morgan fingerprint density at radius 3 is 2.31 bits per heavy atom. The lowest BCUT2D eigenvalue weighted by Crippen LogP contribution is -1.99. The molecular weight excluding hydrogens is 160 g/mol. The maximum atomic E-state index is 8.76. The maximum absolute atomic E-state index is 8.76. The Kier molecular flexibility index (Phi) is 2.12. The van der Waals surface area contributed by atoms with E-state index >= 15 is 0 Å². The molecule has 1 N–H and O–H groups in total. The molecule has 2 rings (SSSR count). The number of rotatable bonds is 3. The van der Waals surface area contributed by atoms with Crippen LogP contribution in [-0.2, 0) is 11.8 Å². The molecule has 0 amide bonds. The van der Waals surface area contributed by atoms with Gasteiger partial charge in [-0.05, 0) is 35.8 Å². The van der Waals surface area contributed by atoms with Gasteiger partial charge in [-0.15, -0.1) is 0 Å². The fourth-order valence-corrected chi connectivity index (χ4v) is 1.68. The van der Waals surface area contributed by atoms with Gasteiger partial charge in [-0.25, -0.2) is 0 Å². The number of aliphatic hydroxyl groups excluding tert-OH is 1. The first-order valence-electron chi connectivity index (χ1n) is 4.95. The Labute approximate surface area is 79.4 Å². The van der Waals surface area contributed by atoms with E-state index in [1.165, 1.54) is 24.0 Å². The fraction of sp³-hybridized carbons (Fsp3) is 0.500. The predicted octanol–water partition coefficient (Wildman–Crippen LogP) is 2.27. The molecule has 1 aliphatic rings. The normalized spacial score (nSPS) is 18.6. The zero-order chi connectivity index (χ0) is 9.31. The van der Waals surface area contributed by atoms with Crippen LogP contribution < -0.4 is 0 Å². The second-order valence-electron chi connectivity index (χ2n) is 4.23. The molecular formula is C12H16O. The minimum Gasteiger partial charge on any atom is -0.396 e. The summed E-state index contributed by atoms with van der Waals surface area (Å²) in [5, 5.41) is 8.76. The predicted molar refractivity (Wildman–Crippen MR) is 53.8 cm³/mol. The van der Waals surface area contributed by atoms with Crippen molar-refractivity contribution in [1.29, 1.82) is 0 Å². The SMILES string of the molecule is CC1(c2ccc(CCO)cc2)CC1. The second kappa shape index (κ2) is 3.15. The highest BCUT2D eigenvalue weighted by Crippen LogP contribution is 2.47. The van der Waals surface area contributed by atoms with Crippen molar-refractivity contribution in [1.82, 2.24) is 0 Å². The number of hydrogen-bond donors (Lipinski definition) is 1. The summed E-state index contributed by atoms with van der Waals surface area (Å²) in [4.78, 5) is 0. The molecule has 1 saturated carbocycles.